The first kappa shape index (κ1) is 35.7. The van der Waals surface area contributed by atoms with Gasteiger partial charge >= 0.3 is 0 Å². The fraction of sp³-hybridized carbons (Fsp3) is 0.342. The number of nitrogens with two attached hydrogens (primary N) is 1. The zero-order valence-electron chi connectivity index (χ0n) is 29.6. The van der Waals surface area contributed by atoms with Gasteiger partial charge in [0.25, 0.3) is 0 Å². The van der Waals surface area contributed by atoms with Gasteiger partial charge in [0.15, 0.2) is 11.7 Å². The molecule has 4 N–H and O–H groups in total. The second kappa shape index (κ2) is 15.4. The molecule has 0 saturated carbocycles. The lowest BCUT2D eigenvalue weighted by atomic mass is 9.98. The Balaban J connectivity index is 1.07. The van der Waals surface area contributed by atoms with Crippen LogP contribution in [0.3, 0.4) is 0 Å². The molecular formula is C38H45N9O3S. The largest absolute Gasteiger partial charge is 0.477 e. The second-order valence-electron chi connectivity index (χ2n) is 13.2. The summed E-state index contributed by atoms with van der Waals surface area (Å²) in [7, 11) is 1.85. The lowest BCUT2D eigenvalue weighted by Gasteiger charge is -2.29. The van der Waals surface area contributed by atoms with E-state index in [1.54, 1.807) is 23.2 Å². The van der Waals surface area contributed by atoms with Gasteiger partial charge in [0.05, 0.1) is 18.2 Å². The molecule has 1 atom stereocenters. The van der Waals surface area contributed by atoms with Crippen LogP contribution >= 0.6 is 11.8 Å². The molecule has 51 heavy (non-hydrogen) atoms. The number of fused-ring (bicyclic) bond motifs is 1. The lowest BCUT2D eigenvalue weighted by molar-refractivity contribution is -0.132. The van der Waals surface area contributed by atoms with E-state index in [1.165, 1.54) is 17.3 Å². The highest BCUT2D eigenvalue weighted by atomic mass is 32.2. The van der Waals surface area contributed by atoms with E-state index in [0.29, 0.717) is 49.8 Å². The van der Waals surface area contributed by atoms with Crippen LogP contribution in [0, 0.1) is 0 Å². The first-order valence-electron chi connectivity index (χ1n) is 17.0. The summed E-state index contributed by atoms with van der Waals surface area (Å²) >= 11 is 1.53. The number of H-pyrrole nitrogens is 1. The van der Waals surface area contributed by atoms with Crippen LogP contribution in [0.5, 0.6) is 0 Å². The highest BCUT2D eigenvalue weighted by Crippen LogP contribution is 2.36. The summed E-state index contributed by atoms with van der Waals surface area (Å²) in [6.07, 6.45) is 12.4. The number of nitrogens with one attached hydrogen (secondary N) is 2. The van der Waals surface area contributed by atoms with Crippen molar-refractivity contribution in [2.24, 2.45) is 12.8 Å². The number of allylic oxidation sites excluding steroid dienone is 4. The van der Waals surface area contributed by atoms with Crippen LogP contribution in [0.4, 0.5) is 5.69 Å². The predicted molar refractivity (Wildman–Crippen MR) is 204 cm³/mol. The monoisotopic (exact) mass is 707 g/mol. The van der Waals surface area contributed by atoms with Crippen molar-refractivity contribution in [2.45, 2.75) is 37.5 Å². The summed E-state index contributed by atoms with van der Waals surface area (Å²) < 4.78 is 6.64. The number of hydrogen-bond acceptors (Lipinski definition) is 9. The van der Waals surface area contributed by atoms with Crippen LogP contribution in [0.2, 0.25) is 0 Å². The van der Waals surface area contributed by atoms with Crippen LogP contribution in [0.25, 0.3) is 33.4 Å². The van der Waals surface area contributed by atoms with Crippen LogP contribution < -0.4 is 11.1 Å². The number of benzene rings is 2. The van der Waals surface area contributed by atoms with E-state index >= 15 is 0 Å². The van der Waals surface area contributed by atoms with Gasteiger partial charge < -0.3 is 20.7 Å². The molecule has 13 heteroatoms. The molecule has 2 aromatic heterocycles. The number of aryl methyl sites for hydroxylation is 1. The molecular weight excluding hydrogens is 663 g/mol. The summed E-state index contributed by atoms with van der Waals surface area (Å²) in [4.78, 5) is 35.6. The van der Waals surface area contributed by atoms with Crippen LogP contribution in [0.1, 0.15) is 37.9 Å². The topological polar surface area (TPSA) is 147 Å². The van der Waals surface area contributed by atoms with E-state index in [-0.39, 0.29) is 30.3 Å². The van der Waals surface area contributed by atoms with Crippen molar-refractivity contribution in [2.75, 3.05) is 44.3 Å². The maximum Gasteiger partial charge on any atom is 0.241 e. The fourth-order valence-electron chi connectivity index (χ4n) is 6.53. The maximum atomic E-state index is 13.9. The number of hydrogen-bond donors (Lipinski definition) is 3. The number of nitrogens with zero attached hydrogens (tertiary/aromatic N) is 6. The maximum absolute atomic E-state index is 13.9. The Kier molecular flexibility index (Phi) is 10.8. The summed E-state index contributed by atoms with van der Waals surface area (Å²) in [6, 6.07) is 13.9. The van der Waals surface area contributed by atoms with Gasteiger partial charge in [0, 0.05) is 61.5 Å². The number of rotatable bonds is 12. The van der Waals surface area contributed by atoms with Crippen LogP contribution in [-0.4, -0.2) is 96.4 Å². The van der Waals surface area contributed by atoms with Gasteiger partial charge in [-0.25, -0.2) is 4.98 Å². The molecule has 266 valence electrons. The zero-order valence-corrected chi connectivity index (χ0v) is 30.4. The Morgan fingerprint density at radius 2 is 1.96 bits per heavy atom. The molecule has 12 nitrogen and oxygen atoms in total. The summed E-state index contributed by atoms with van der Waals surface area (Å²) in [5.41, 5.74) is 12.3. The molecule has 2 aliphatic heterocycles. The standard InChI is InChI=1S/C38H45N9O3S/c1-6-7-29(20-33(39)50-25(2)3)35-31-21-30(12-13-32(31)42-43-35)41-37(49)38(51-5)16-19-46(23-38)22-34(48)47-17-14-27(15-18-47)26-8-10-28(11-9-26)36-40-24-45(4)44-36/h6-14,20-21,24-25H,1,15-19,22-23,39H2,2-5H3,(H,41,49)(H,42,43)/b29-7+,33-20+/t38-/m0/s1. The number of likely N-dealkylation sites (tertiary alicyclic amines) is 1. The van der Waals surface area contributed by atoms with Gasteiger partial charge in [-0.1, -0.05) is 49.1 Å². The Labute approximate surface area is 302 Å². The normalized spacial score (nSPS) is 18.7. The highest BCUT2D eigenvalue weighted by Gasteiger charge is 2.44. The number of aromatic amines is 1. The van der Waals surface area contributed by atoms with E-state index in [4.69, 9.17) is 10.5 Å². The third-order valence-corrected chi connectivity index (χ3v) is 10.5. The molecule has 0 aliphatic carbocycles. The number of amides is 2. The van der Waals surface area contributed by atoms with Gasteiger partial charge in [0.1, 0.15) is 16.8 Å². The van der Waals surface area contributed by atoms with Gasteiger partial charge in [-0.05, 0) is 62.3 Å². The molecule has 1 saturated heterocycles. The molecule has 0 spiro atoms. The minimum absolute atomic E-state index is 0.0701. The molecule has 6 rings (SSSR count). The first-order chi connectivity index (χ1) is 24.6. The fourth-order valence-corrected chi connectivity index (χ4v) is 7.37. The van der Waals surface area contributed by atoms with Gasteiger partial charge in [-0.2, -0.15) is 10.2 Å². The molecule has 2 aliphatic rings. The van der Waals surface area contributed by atoms with Crippen molar-refractivity contribution < 1.29 is 14.3 Å². The van der Waals surface area contributed by atoms with E-state index < -0.39 is 4.75 Å². The Hall–Kier alpha value is -5.14. The molecule has 4 aromatic rings. The third kappa shape index (κ3) is 8.10. The van der Waals surface area contributed by atoms with Crippen molar-refractivity contribution in [3.63, 3.8) is 0 Å². The number of thioether (sulfide) groups is 1. The van der Waals surface area contributed by atoms with E-state index in [2.05, 4.69) is 55.3 Å². The van der Waals surface area contributed by atoms with Crippen molar-refractivity contribution >= 4 is 51.3 Å². The smallest absolute Gasteiger partial charge is 0.241 e. The SMILES string of the molecule is C=C/C=C(\C=C(/N)OC(C)C)c1n[nH]c2ccc(NC(=O)[C@]3(SC)CCN(CC(=O)N4CC=C(c5ccc(-c6ncn(C)n6)cc5)CC4)C3)cc12. The van der Waals surface area contributed by atoms with Gasteiger partial charge in [0.2, 0.25) is 11.8 Å². The number of ether oxygens (including phenoxy) is 1. The molecule has 0 unspecified atom stereocenters. The third-order valence-electron chi connectivity index (χ3n) is 9.21. The number of carbonyl (C=O) groups is 2. The second-order valence-corrected chi connectivity index (χ2v) is 14.3. The number of carbonyl (C=O) groups excluding carboxylic acids is 2. The Morgan fingerprint density at radius 3 is 2.63 bits per heavy atom. The number of aromatic nitrogens is 5. The van der Waals surface area contributed by atoms with Crippen molar-refractivity contribution in [1.82, 2.24) is 34.8 Å². The molecule has 4 heterocycles. The van der Waals surface area contributed by atoms with E-state index in [9.17, 15) is 9.59 Å². The quantitative estimate of drug-likeness (QED) is 0.133. The van der Waals surface area contributed by atoms with Crippen molar-refractivity contribution in [3.8, 4) is 11.4 Å². The zero-order chi connectivity index (χ0) is 36.1. The first-order valence-corrected chi connectivity index (χ1v) is 18.3. The molecule has 2 aromatic carbocycles. The Bertz CT molecular complexity index is 2010. The number of anilines is 1. The average Bonchev–Trinajstić information content (AvgIpc) is 3.86. The van der Waals surface area contributed by atoms with Gasteiger partial charge in [-0.3, -0.25) is 24.3 Å². The van der Waals surface area contributed by atoms with Crippen LogP contribution in [-0.2, 0) is 21.4 Å². The van der Waals surface area contributed by atoms with Crippen LogP contribution in [0.15, 0.2) is 85.6 Å². The lowest BCUT2D eigenvalue weighted by Crippen LogP contribution is -2.45. The van der Waals surface area contributed by atoms with E-state index in [0.717, 1.165) is 34.0 Å². The average molecular weight is 708 g/mol. The summed E-state index contributed by atoms with van der Waals surface area (Å²) in [5.74, 6) is 0.967. The highest BCUT2D eigenvalue weighted by molar-refractivity contribution is 8.00. The Morgan fingerprint density at radius 1 is 1.18 bits per heavy atom. The molecule has 0 bridgehead atoms. The minimum Gasteiger partial charge on any atom is -0.477 e. The van der Waals surface area contributed by atoms with E-state index in [1.807, 2.05) is 68.5 Å². The van der Waals surface area contributed by atoms with Crippen molar-refractivity contribution in [3.05, 3.63) is 96.8 Å². The minimum atomic E-state index is -0.681. The molecule has 0 radical (unpaired) electrons. The van der Waals surface area contributed by atoms with Crippen molar-refractivity contribution in [1.29, 1.82) is 0 Å². The summed E-state index contributed by atoms with van der Waals surface area (Å²) in [6.45, 7) is 10.3. The summed E-state index contributed by atoms with van der Waals surface area (Å²) in [5, 5.41) is 15.9. The molecule has 1 fully saturated rings. The predicted octanol–water partition coefficient (Wildman–Crippen LogP) is 5.21. The van der Waals surface area contributed by atoms with Gasteiger partial charge in [-0.15, -0.1) is 11.8 Å². The molecule has 2 amide bonds.